The SMILES string of the molecule is COc1ccc(CN2C(=O)C(N[C@@H](CC3CCCCC3)C(=O)O)COc3ccccc32)cc1. The van der Waals surface area contributed by atoms with Crippen LogP contribution < -0.4 is 19.7 Å². The van der Waals surface area contributed by atoms with Crippen LogP contribution in [0.15, 0.2) is 48.5 Å². The Bertz CT molecular complexity index is 955. The van der Waals surface area contributed by atoms with Crippen LogP contribution in [-0.4, -0.2) is 42.8 Å². The quantitative estimate of drug-likeness (QED) is 0.629. The summed E-state index contributed by atoms with van der Waals surface area (Å²) in [7, 11) is 1.61. The first-order valence-corrected chi connectivity index (χ1v) is 11.7. The van der Waals surface area contributed by atoms with E-state index in [1.165, 1.54) is 6.42 Å². The first-order valence-electron chi connectivity index (χ1n) is 11.7. The zero-order valence-corrected chi connectivity index (χ0v) is 19.0. The third-order valence-electron chi connectivity index (χ3n) is 6.62. The number of nitrogens with zero attached hydrogens (tertiary/aromatic N) is 1. The molecular formula is C26H32N2O5. The normalized spacial score (nSPS) is 19.8. The van der Waals surface area contributed by atoms with Crippen LogP contribution in [0.3, 0.4) is 0 Å². The van der Waals surface area contributed by atoms with Gasteiger partial charge in [0.05, 0.1) is 19.3 Å². The van der Waals surface area contributed by atoms with Crippen LogP contribution in [0.5, 0.6) is 11.5 Å². The van der Waals surface area contributed by atoms with Crippen LogP contribution in [0, 0.1) is 5.92 Å². The van der Waals surface area contributed by atoms with Crippen LogP contribution in [0.1, 0.15) is 44.1 Å². The minimum Gasteiger partial charge on any atom is -0.497 e. The number of nitrogens with one attached hydrogen (secondary N) is 1. The van der Waals surface area contributed by atoms with E-state index >= 15 is 0 Å². The highest BCUT2D eigenvalue weighted by molar-refractivity contribution is 5.99. The Labute approximate surface area is 194 Å². The van der Waals surface area contributed by atoms with E-state index in [4.69, 9.17) is 9.47 Å². The van der Waals surface area contributed by atoms with E-state index in [0.717, 1.165) is 37.0 Å². The predicted octanol–water partition coefficient (Wildman–Crippen LogP) is 4.00. The van der Waals surface area contributed by atoms with E-state index in [1.807, 2.05) is 48.5 Å². The van der Waals surface area contributed by atoms with Crippen molar-refractivity contribution in [3.05, 3.63) is 54.1 Å². The predicted molar refractivity (Wildman–Crippen MR) is 126 cm³/mol. The van der Waals surface area contributed by atoms with Gasteiger partial charge in [-0.1, -0.05) is 56.4 Å². The minimum atomic E-state index is -0.920. The number of carbonyl (C=O) groups is 2. The fraction of sp³-hybridized carbons (Fsp3) is 0.462. The summed E-state index contributed by atoms with van der Waals surface area (Å²) >= 11 is 0. The second kappa shape index (κ2) is 10.7. The molecule has 0 radical (unpaired) electrons. The summed E-state index contributed by atoms with van der Waals surface area (Å²) in [6, 6.07) is 13.5. The number of benzene rings is 2. The van der Waals surface area contributed by atoms with Gasteiger partial charge in [-0.3, -0.25) is 14.9 Å². The summed E-state index contributed by atoms with van der Waals surface area (Å²) in [4.78, 5) is 27.4. The third-order valence-corrected chi connectivity index (χ3v) is 6.62. The molecule has 0 saturated heterocycles. The van der Waals surface area contributed by atoms with Gasteiger partial charge in [-0.05, 0) is 42.2 Å². The molecule has 33 heavy (non-hydrogen) atoms. The van der Waals surface area contributed by atoms with Crippen molar-refractivity contribution in [1.29, 1.82) is 0 Å². The van der Waals surface area contributed by atoms with Crippen LogP contribution in [0.25, 0.3) is 0 Å². The molecule has 0 aromatic heterocycles. The number of ether oxygens (including phenoxy) is 2. The smallest absolute Gasteiger partial charge is 0.320 e. The lowest BCUT2D eigenvalue weighted by Gasteiger charge is -2.29. The highest BCUT2D eigenvalue weighted by atomic mass is 16.5. The van der Waals surface area contributed by atoms with Gasteiger partial charge < -0.3 is 19.5 Å². The number of para-hydroxylation sites is 2. The van der Waals surface area contributed by atoms with Gasteiger partial charge in [0, 0.05) is 0 Å². The first-order chi connectivity index (χ1) is 16.0. The van der Waals surface area contributed by atoms with Gasteiger partial charge in [0.15, 0.2) is 0 Å². The summed E-state index contributed by atoms with van der Waals surface area (Å²) < 4.78 is 11.2. The number of carbonyl (C=O) groups excluding carboxylic acids is 1. The average molecular weight is 453 g/mol. The number of amides is 1. The minimum absolute atomic E-state index is 0.0867. The van der Waals surface area contributed by atoms with Crippen molar-refractivity contribution in [1.82, 2.24) is 5.32 Å². The molecule has 2 aromatic rings. The van der Waals surface area contributed by atoms with Crippen molar-refractivity contribution >= 4 is 17.6 Å². The van der Waals surface area contributed by atoms with Crippen molar-refractivity contribution in [2.45, 2.75) is 57.2 Å². The fourth-order valence-electron chi connectivity index (χ4n) is 4.79. The average Bonchev–Trinajstić information content (AvgIpc) is 2.97. The molecule has 1 amide bonds. The highest BCUT2D eigenvalue weighted by Gasteiger charge is 2.35. The lowest BCUT2D eigenvalue weighted by molar-refractivity contribution is -0.140. The third kappa shape index (κ3) is 5.66. The summed E-state index contributed by atoms with van der Waals surface area (Å²) in [6.07, 6.45) is 6.14. The van der Waals surface area contributed by atoms with Crippen LogP contribution in [0.2, 0.25) is 0 Å². The number of carboxylic acids is 1. The lowest BCUT2D eigenvalue weighted by Crippen LogP contribution is -2.54. The van der Waals surface area contributed by atoms with E-state index in [0.29, 0.717) is 30.3 Å². The molecule has 2 N–H and O–H groups in total. The number of anilines is 1. The zero-order valence-electron chi connectivity index (χ0n) is 19.0. The van der Waals surface area contributed by atoms with E-state index in [-0.39, 0.29) is 12.5 Å². The van der Waals surface area contributed by atoms with Crippen LogP contribution in [-0.2, 0) is 16.1 Å². The van der Waals surface area contributed by atoms with Crippen LogP contribution in [0.4, 0.5) is 5.69 Å². The molecule has 7 heteroatoms. The van der Waals surface area contributed by atoms with Crippen molar-refractivity contribution < 1.29 is 24.2 Å². The van der Waals surface area contributed by atoms with Crippen molar-refractivity contribution in [2.24, 2.45) is 5.92 Å². The molecule has 4 rings (SSSR count). The Hall–Kier alpha value is -3.06. The summed E-state index contributed by atoms with van der Waals surface area (Å²) in [6.45, 7) is 0.436. The first kappa shape index (κ1) is 23.1. The molecule has 1 saturated carbocycles. The highest BCUT2D eigenvalue weighted by Crippen LogP contribution is 2.33. The van der Waals surface area contributed by atoms with Gasteiger partial charge in [-0.2, -0.15) is 0 Å². The second-order valence-corrected chi connectivity index (χ2v) is 8.90. The summed E-state index contributed by atoms with van der Waals surface area (Å²) in [5.74, 6) is 0.628. The van der Waals surface area contributed by atoms with Gasteiger partial charge >= 0.3 is 5.97 Å². The summed E-state index contributed by atoms with van der Waals surface area (Å²) in [5, 5.41) is 13.0. The molecule has 2 atom stereocenters. The number of rotatable bonds is 8. The molecule has 7 nitrogen and oxygen atoms in total. The Balaban J connectivity index is 1.55. The largest absolute Gasteiger partial charge is 0.497 e. The maximum Gasteiger partial charge on any atom is 0.320 e. The number of fused-ring (bicyclic) bond motifs is 1. The van der Waals surface area contributed by atoms with Gasteiger partial charge in [0.25, 0.3) is 0 Å². The maximum atomic E-state index is 13.7. The van der Waals surface area contributed by atoms with Gasteiger partial charge in [-0.25, -0.2) is 0 Å². The molecule has 1 unspecified atom stereocenters. The number of hydrogen-bond acceptors (Lipinski definition) is 5. The molecule has 1 fully saturated rings. The number of carboxylic acid groups (broad SMARTS) is 1. The second-order valence-electron chi connectivity index (χ2n) is 8.90. The van der Waals surface area contributed by atoms with Crippen molar-refractivity contribution in [3.8, 4) is 11.5 Å². The molecule has 0 bridgehead atoms. The number of hydrogen-bond donors (Lipinski definition) is 2. The Morgan fingerprint density at radius 3 is 2.58 bits per heavy atom. The van der Waals surface area contributed by atoms with E-state index in [9.17, 15) is 14.7 Å². The molecule has 0 spiro atoms. The standard InChI is InChI=1S/C26H32N2O5/c1-32-20-13-11-19(12-14-20)16-28-23-9-5-6-10-24(23)33-17-22(25(28)29)27-21(26(30)31)15-18-7-3-2-4-8-18/h5-6,9-14,18,21-22,27H,2-4,7-8,15-17H2,1H3,(H,30,31)/t21-,22?/m0/s1. The monoisotopic (exact) mass is 452 g/mol. The molecule has 1 aliphatic heterocycles. The van der Waals surface area contributed by atoms with Crippen molar-refractivity contribution in [3.63, 3.8) is 0 Å². The molecule has 1 aliphatic carbocycles. The number of aliphatic carboxylic acids is 1. The maximum absolute atomic E-state index is 13.7. The lowest BCUT2D eigenvalue weighted by atomic mass is 9.84. The number of methoxy groups -OCH3 is 1. The van der Waals surface area contributed by atoms with E-state index in [2.05, 4.69) is 5.32 Å². The zero-order chi connectivity index (χ0) is 23.2. The topological polar surface area (TPSA) is 88.1 Å². The Morgan fingerprint density at radius 2 is 1.88 bits per heavy atom. The molecule has 1 heterocycles. The van der Waals surface area contributed by atoms with Gasteiger partial charge in [0.1, 0.15) is 30.2 Å². The van der Waals surface area contributed by atoms with Crippen LogP contribution >= 0.6 is 0 Å². The van der Waals surface area contributed by atoms with E-state index in [1.54, 1.807) is 12.0 Å². The van der Waals surface area contributed by atoms with Gasteiger partial charge in [-0.15, -0.1) is 0 Å². The Kier molecular flexibility index (Phi) is 7.50. The summed E-state index contributed by atoms with van der Waals surface area (Å²) in [5.41, 5.74) is 1.62. The van der Waals surface area contributed by atoms with Gasteiger partial charge in [0.2, 0.25) is 5.91 Å². The Morgan fingerprint density at radius 1 is 1.15 bits per heavy atom. The van der Waals surface area contributed by atoms with E-state index < -0.39 is 18.1 Å². The van der Waals surface area contributed by atoms with Crippen molar-refractivity contribution in [2.75, 3.05) is 18.6 Å². The fourth-order valence-corrected chi connectivity index (χ4v) is 4.79. The molecule has 2 aromatic carbocycles. The molecular weight excluding hydrogens is 420 g/mol. The molecule has 2 aliphatic rings. The molecule has 176 valence electrons.